The SMILES string of the molecule is COC(C)(C)CNc1cccc(N)c1[N+](=O)[O-]. The fourth-order valence-electron chi connectivity index (χ4n) is 1.29. The van der Waals surface area contributed by atoms with E-state index in [2.05, 4.69) is 5.32 Å². The first-order valence-corrected chi connectivity index (χ1v) is 5.19. The van der Waals surface area contributed by atoms with E-state index < -0.39 is 10.5 Å². The van der Waals surface area contributed by atoms with Crippen LogP contribution in [0.3, 0.4) is 0 Å². The number of anilines is 2. The quantitative estimate of drug-likeness (QED) is 0.466. The summed E-state index contributed by atoms with van der Waals surface area (Å²) in [4.78, 5) is 10.4. The molecule has 3 N–H and O–H groups in total. The normalized spacial score (nSPS) is 11.2. The highest BCUT2D eigenvalue weighted by atomic mass is 16.6. The fraction of sp³-hybridized carbons (Fsp3) is 0.455. The molecule has 94 valence electrons. The van der Waals surface area contributed by atoms with Gasteiger partial charge in [0, 0.05) is 13.7 Å². The minimum absolute atomic E-state index is 0.0978. The molecule has 0 saturated heterocycles. The molecule has 0 fully saturated rings. The molecule has 0 unspecified atom stereocenters. The van der Waals surface area contributed by atoms with Crippen LogP contribution in [0.4, 0.5) is 17.1 Å². The Labute approximate surface area is 99.9 Å². The molecule has 1 rings (SSSR count). The summed E-state index contributed by atoms with van der Waals surface area (Å²) >= 11 is 0. The number of nitrogens with zero attached hydrogens (tertiary/aromatic N) is 1. The van der Waals surface area contributed by atoms with Crippen LogP contribution >= 0.6 is 0 Å². The number of hydrogen-bond donors (Lipinski definition) is 2. The van der Waals surface area contributed by atoms with Gasteiger partial charge >= 0.3 is 5.69 Å². The number of nitrogens with two attached hydrogens (primary N) is 1. The summed E-state index contributed by atoms with van der Waals surface area (Å²) in [6.45, 7) is 4.23. The Morgan fingerprint density at radius 2 is 2.18 bits per heavy atom. The number of benzene rings is 1. The third kappa shape index (κ3) is 3.32. The molecule has 0 amide bonds. The van der Waals surface area contributed by atoms with Crippen molar-refractivity contribution in [2.24, 2.45) is 0 Å². The van der Waals surface area contributed by atoms with Crippen LogP contribution in [0.5, 0.6) is 0 Å². The molecule has 17 heavy (non-hydrogen) atoms. The van der Waals surface area contributed by atoms with Crippen LogP contribution in [0.1, 0.15) is 13.8 Å². The van der Waals surface area contributed by atoms with Crippen molar-refractivity contribution in [3.05, 3.63) is 28.3 Å². The van der Waals surface area contributed by atoms with Gasteiger partial charge in [0.05, 0.1) is 10.5 Å². The number of nitro benzene ring substituents is 1. The summed E-state index contributed by atoms with van der Waals surface area (Å²) < 4.78 is 5.23. The number of nitro groups is 1. The van der Waals surface area contributed by atoms with E-state index in [1.54, 1.807) is 19.2 Å². The van der Waals surface area contributed by atoms with E-state index in [4.69, 9.17) is 10.5 Å². The molecule has 1 aromatic carbocycles. The lowest BCUT2D eigenvalue weighted by molar-refractivity contribution is -0.383. The topological polar surface area (TPSA) is 90.4 Å². The molecule has 0 spiro atoms. The van der Waals surface area contributed by atoms with E-state index in [0.29, 0.717) is 12.2 Å². The second-order valence-electron chi connectivity index (χ2n) is 4.32. The average molecular weight is 239 g/mol. The first-order chi connectivity index (χ1) is 7.87. The molecule has 0 bridgehead atoms. The van der Waals surface area contributed by atoms with E-state index in [-0.39, 0.29) is 11.4 Å². The monoisotopic (exact) mass is 239 g/mol. The molecule has 1 aromatic rings. The Hall–Kier alpha value is -1.82. The van der Waals surface area contributed by atoms with Crippen LogP contribution in [0.15, 0.2) is 18.2 Å². The highest BCUT2D eigenvalue weighted by molar-refractivity contribution is 5.74. The van der Waals surface area contributed by atoms with E-state index >= 15 is 0 Å². The van der Waals surface area contributed by atoms with Gasteiger partial charge in [0.2, 0.25) is 0 Å². The van der Waals surface area contributed by atoms with Gasteiger partial charge in [-0.05, 0) is 26.0 Å². The smallest absolute Gasteiger partial charge is 0.314 e. The second-order valence-corrected chi connectivity index (χ2v) is 4.32. The zero-order valence-corrected chi connectivity index (χ0v) is 10.2. The number of ether oxygens (including phenoxy) is 1. The third-order valence-corrected chi connectivity index (χ3v) is 2.51. The molecule has 0 aromatic heterocycles. The van der Waals surface area contributed by atoms with Crippen molar-refractivity contribution in [1.82, 2.24) is 0 Å². The zero-order chi connectivity index (χ0) is 13.1. The van der Waals surface area contributed by atoms with E-state index in [1.165, 1.54) is 6.07 Å². The van der Waals surface area contributed by atoms with Gasteiger partial charge in [-0.15, -0.1) is 0 Å². The maximum atomic E-state index is 10.9. The van der Waals surface area contributed by atoms with Crippen LogP contribution in [-0.2, 0) is 4.74 Å². The summed E-state index contributed by atoms with van der Waals surface area (Å²) in [5.74, 6) is 0. The molecule has 0 aliphatic heterocycles. The van der Waals surface area contributed by atoms with Gasteiger partial charge < -0.3 is 15.8 Å². The third-order valence-electron chi connectivity index (χ3n) is 2.51. The molecule has 0 atom stereocenters. The molecule has 6 heteroatoms. The lowest BCUT2D eigenvalue weighted by atomic mass is 10.1. The Morgan fingerprint density at radius 1 is 1.53 bits per heavy atom. The highest BCUT2D eigenvalue weighted by Gasteiger charge is 2.21. The van der Waals surface area contributed by atoms with Gasteiger partial charge in [-0.2, -0.15) is 0 Å². The standard InChI is InChI=1S/C11H17N3O3/c1-11(2,17-3)7-13-9-6-4-5-8(12)10(9)14(15)16/h4-6,13H,7,12H2,1-3H3. The van der Waals surface area contributed by atoms with E-state index in [0.717, 1.165) is 0 Å². The van der Waals surface area contributed by atoms with Crippen molar-refractivity contribution in [2.45, 2.75) is 19.4 Å². The van der Waals surface area contributed by atoms with Crippen LogP contribution in [-0.4, -0.2) is 24.2 Å². The molecular formula is C11H17N3O3. The van der Waals surface area contributed by atoms with Crippen molar-refractivity contribution in [3.63, 3.8) is 0 Å². The number of hydrogen-bond acceptors (Lipinski definition) is 5. The molecule has 0 radical (unpaired) electrons. The number of nitrogen functional groups attached to an aromatic ring is 1. The van der Waals surface area contributed by atoms with E-state index in [9.17, 15) is 10.1 Å². The van der Waals surface area contributed by atoms with Gasteiger partial charge in [0.1, 0.15) is 11.4 Å². The van der Waals surface area contributed by atoms with Gasteiger partial charge in [0.15, 0.2) is 0 Å². The zero-order valence-electron chi connectivity index (χ0n) is 10.2. The fourth-order valence-corrected chi connectivity index (χ4v) is 1.29. The molecule has 0 aliphatic rings. The Bertz CT molecular complexity index is 418. The number of rotatable bonds is 5. The molecular weight excluding hydrogens is 222 g/mol. The Kier molecular flexibility index (Phi) is 3.90. The minimum atomic E-state index is -0.489. The van der Waals surface area contributed by atoms with Gasteiger partial charge in [0.25, 0.3) is 0 Å². The first-order valence-electron chi connectivity index (χ1n) is 5.19. The van der Waals surface area contributed by atoms with Crippen LogP contribution in [0, 0.1) is 10.1 Å². The highest BCUT2D eigenvalue weighted by Crippen LogP contribution is 2.30. The minimum Gasteiger partial charge on any atom is -0.393 e. The summed E-state index contributed by atoms with van der Waals surface area (Å²) in [7, 11) is 1.59. The van der Waals surface area contributed by atoms with Crippen LogP contribution in [0.2, 0.25) is 0 Å². The van der Waals surface area contributed by atoms with Crippen molar-refractivity contribution < 1.29 is 9.66 Å². The lowest BCUT2D eigenvalue weighted by Crippen LogP contribution is -2.32. The molecule has 0 aliphatic carbocycles. The Balaban J connectivity index is 2.92. The Morgan fingerprint density at radius 3 is 2.71 bits per heavy atom. The van der Waals surface area contributed by atoms with Crippen molar-refractivity contribution in [3.8, 4) is 0 Å². The maximum Gasteiger partial charge on any atom is 0.314 e. The average Bonchev–Trinajstić information content (AvgIpc) is 2.26. The number of methoxy groups -OCH3 is 1. The molecule has 0 heterocycles. The van der Waals surface area contributed by atoms with Crippen molar-refractivity contribution in [1.29, 1.82) is 0 Å². The summed E-state index contributed by atoms with van der Waals surface area (Å²) in [6, 6.07) is 4.80. The van der Waals surface area contributed by atoms with Gasteiger partial charge in [-0.25, -0.2) is 0 Å². The number of nitrogens with one attached hydrogen (secondary N) is 1. The van der Waals surface area contributed by atoms with E-state index in [1.807, 2.05) is 13.8 Å². The predicted octanol–water partition coefficient (Wildman–Crippen LogP) is 2.01. The van der Waals surface area contributed by atoms with Gasteiger partial charge in [-0.1, -0.05) is 6.07 Å². The predicted molar refractivity (Wildman–Crippen MR) is 67.1 cm³/mol. The molecule has 6 nitrogen and oxygen atoms in total. The lowest BCUT2D eigenvalue weighted by Gasteiger charge is -2.23. The molecule has 0 saturated carbocycles. The van der Waals surface area contributed by atoms with Crippen molar-refractivity contribution >= 4 is 17.1 Å². The first kappa shape index (κ1) is 13.2. The second kappa shape index (κ2) is 5.01. The summed E-state index contributed by atoms with van der Waals surface area (Å²) in [5, 5.41) is 13.9. The summed E-state index contributed by atoms with van der Waals surface area (Å²) in [5.41, 5.74) is 5.63. The van der Waals surface area contributed by atoms with Crippen molar-refractivity contribution in [2.75, 3.05) is 24.7 Å². The van der Waals surface area contributed by atoms with Crippen LogP contribution in [0.25, 0.3) is 0 Å². The maximum absolute atomic E-state index is 10.9. The van der Waals surface area contributed by atoms with Gasteiger partial charge in [-0.3, -0.25) is 10.1 Å². The summed E-state index contributed by atoms with van der Waals surface area (Å²) in [6.07, 6.45) is 0. The largest absolute Gasteiger partial charge is 0.393 e. The number of para-hydroxylation sites is 1. The van der Waals surface area contributed by atoms with Crippen LogP contribution < -0.4 is 11.1 Å².